The molecule has 0 aliphatic heterocycles. The third-order valence-corrected chi connectivity index (χ3v) is 3.13. The van der Waals surface area contributed by atoms with E-state index in [-0.39, 0.29) is 5.92 Å². The van der Waals surface area contributed by atoms with Crippen LogP contribution in [0.1, 0.15) is 37.4 Å². The lowest BCUT2D eigenvalue weighted by Gasteiger charge is -2.17. The number of hydrogen-bond acceptors (Lipinski definition) is 1. The maximum Gasteiger partial charge on any atom is 0.159 e. The Morgan fingerprint density at radius 3 is 2.40 bits per heavy atom. The Morgan fingerprint density at radius 1 is 1.13 bits per heavy atom. The van der Waals surface area contributed by atoms with Crippen molar-refractivity contribution in [1.82, 2.24) is 0 Å². The van der Waals surface area contributed by atoms with Gasteiger partial charge in [0.1, 0.15) is 0 Å². The monoisotopic (exact) mass is 212 g/mol. The zero-order chi connectivity index (χ0) is 10.8. The van der Waals surface area contributed by atoms with Gasteiger partial charge in [0.2, 0.25) is 0 Å². The fraction of sp³-hybridized carbons (Fsp3) is 0.500. The molecular weight excluding hydrogens is 198 g/mol. The number of rotatable bonds is 2. The quantitative estimate of drug-likeness (QED) is 0.798. The molecular formula is C12H14F2O. The van der Waals surface area contributed by atoms with Crippen LogP contribution >= 0.6 is 0 Å². The molecule has 0 heterocycles. The van der Waals surface area contributed by atoms with Crippen LogP contribution in [0.5, 0.6) is 0 Å². The molecule has 0 bridgehead atoms. The van der Waals surface area contributed by atoms with E-state index in [9.17, 15) is 13.9 Å². The third-order valence-electron chi connectivity index (χ3n) is 3.13. The van der Waals surface area contributed by atoms with Crippen molar-refractivity contribution >= 4 is 0 Å². The van der Waals surface area contributed by atoms with Crippen LogP contribution in [0.15, 0.2) is 18.2 Å². The van der Waals surface area contributed by atoms with Crippen LogP contribution in [0.25, 0.3) is 0 Å². The largest absolute Gasteiger partial charge is 0.388 e. The van der Waals surface area contributed by atoms with Crippen molar-refractivity contribution in [2.24, 2.45) is 5.92 Å². The average molecular weight is 212 g/mol. The minimum atomic E-state index is -0.885. The molecule has 0 amide bonds. The SMILES string of the molecule is O[C@H](c1ccc(F)c(F)c1)C1CCCC1. The first-order chi connectivity index (χ1) is 7.18. The fourth-order valence-electron chi connectivity index (χ4n) is 2.24. The molecule has 15 heavy (non-hydrogen) atoms. The smallest absolute Gasteiger partial charge is 0.159 e. The van der Waals surface area contributed by atoms with Gasteiger partial charge in [0.25, 0.3) is 0 Å². The van der Waals surface area contributed by atoms with E-state index in [0.29, 0.717) is 5.56 Å². The number of aliphatic hydroxyl groups is 1. The predicted molar refractivity (Wildman–Crippen MR) is 53.3 cm³/mol. The van der Waals surface area contributed by atoms with Gasteiger partial charge >= 0.3 is 0 Å². The second-order valence-corrected chi connectivity index (χ2v) is 4.16. The van der Waals surface area contributed by atoms with Gasteiger partial charge in [-0.3, -0.25) is 0 Å². The molecule has 1 fully saturated rings. The molecule has 1 N–H and O–H groups in total. The molecule has 0 radical (unpaired) electrons. The van der Waals surface area contributed by atoms with Gasteiger partial charge in [0.05, 0.1) is 6.10 Å². The summed E-state index contributed by atoms with van der Waals surface area (Å²) in [5, 5.41) is 9.95. The van der Waals surface area contributed by atoms with Crippen molar-refractivity contribution < 1.29 is 13.9 Å². The van der Waals surface area contributed by atoms with Crippen molar-refractivity contribution in [3.05, 3.63) is 35.4 Å². The van der Waals surface area contributed by atoms with E-state index in [2.05, 4.69) is 0 Å². The fourth-order valence-corrected chi connectivity index (χ4v) is 2.24. The average Bonchev–Trinajstić information content (AvgIpc) is 2.74. The first-order valence-electron chi connectivity index (χ1n) is 5.31. The highest BCUT2D eigenvalue weighted by Crippen LogP contribution is 2.35. The van der Waals surface area contributed by atoms with Crippen LogP contribution in [0.3, 0.4) is 0 Å². The Hall–Kier alpha value is -0.960. The number of hydrogen-bond donors (Lipinski definition) is 1. The lowest BCUT2D eigenvalue weighted by atomic mass is 9.94. The maximum atomic E-state index is 12.9. The topological polar surface area (TPSA) is 20.2 Å². The van der Waals surface area contributed by atoms with Crippen molar-refractivity contribution in [3.63, 3.8) is 0 Å². The molecule has 1 aromatic carbocycles. The van der Waals surface area contributed by atoms with Crippen molar-refractivity contribution in [3.8, 4) is 0 Å². The predicted octanol–water partition coefficient (Wildman–Crippen LogP) is 3.19. The van der Waals surface area contributed by atoms with Gasteiger partial charge in [0.15, 0.2) is 11.6 Å². The van der Waals surface area contributed by atoms with Crippen LogP contribution in [-0.2, 0) is 0 Å². The van der Waals surface area contributed by atoms with Crippen LogP contribution < -0.4 is 0 Å². The molecule has 1 nitrogen and oxygen atoms in total. The molecule has 3 heteroatoms. The van der Waals surface area contributed by atoms with Gasteiger partial charge in [0, 0.05) is 0 Å². The summed E-state index contributed by atoms with van der Waals surface area (Å²) < 4.78 is 25.6. The second kappa shape index (κ2) is 4.27. The maximum absolute atomic E-state index is 12.9. The van der Waals surface area contributed by atoms with Gasteiger partial charge in [-0.05, 0) is 36.5 Å². The number of benzene rings is 1. The minimum absolute atomic E-state index is 0.204. The standard InChI is InChI=1S/C12H14F2O/c13-10-6-5-9(7-11(10)14)12(15)8-3-1-2-4-8/h5-8,12,15H,1-4H2/t12-/m0/s1. The van der Waals surface area contributed by atoms with Gasteiger partial charge in [-0.1, -0.05) is 18.9 Å². The number of halogens is 2. The number of aliphatic hydroxyl groups excluding tert-OH is 1. The molecule has 0 unspecified atom stereocenters. The van der Waals surface area contributed by atoms with Gasteiger partial charge in [-0.25, -0.2) is 8.78 Å². The van der Waals surface area contributed by atoms with E-state index in [1.165, 1.54) is 6.07 Å². The first kappa shape index (κ1) is 10.6. The van der Waals surface area contributed by atoms with Crippen molar-refractivity contribution in [2.75, 3.05) is 0 Å². The highest BCUT2D eigenvalue weighted by atomic mass is 19.2. The van der Waals surface area contributed by atoms with E-state index < -0.39 is 17.7 Å². The highest BCUT2D eigenvalue weighted by molar-refractivity contribution is 5.20. The molecule has 1 aromatic rings. The van der Waals surface area contributed by atoms with Crippen molar-refractivity contribution in [1.29, 1.82) is 0 Å². The molecule has 1 aliphatic carbocycles. The molecule has 1 atom stereocenters. The zero-order valence-electron chi connectivity index (χ0n) is 8.42. The lowest BCUT2D eigenvalue weighted by molar-refractivity contribution is 0.111. The minimum Gasteiger partial charge on any atom is -0.388 e. The summed E-state index contributed by atoms with van der Waals surface area (Å²) in [6.45, 7) is 0. The van der Waals surface area contributed by atoms with Gasteiger partial charge < -0.3 is 5.11 Å². The van der Waals surface area contributed by atoms with E-state index in [0.717, 1.165) is 37.8 Å². The van der Waals surface area contributed by atoms with Crippen LogP contribution in [-0.4, -0.2) is 5.11 Å². The van der Waals surface area contributed by atoms with Gasteiger partial charge in [-0.15, -0.1) is 0 Å². The van der Waals surface area contributed by atoms with E-state index in [4.69, 9.17) is 0 Å². The molecule has 2 rings (SSSR count). The lowest BCUT2D eigenvalue weighted by Crippen LogP contribution is -2.09. The van der Waals surface area contributed by atoms with E-state index >= 15 is 0 Å². The summed E-state index contributed by atoms with van der Waals surface area (Å²) in [4.78, 5) is 0. The molecule has 82 valence electrons. The Labute approximate surface area is 87.7 Å². The molecule has 1 saturated carbocycles. The van der Waals surface area contributed by atoms with Crippen LogP contribution in [0, 0.1) is 17.6 Å². The van der Waals surface area contributed by atoms with Crippen LogP contribution in [0.2, 0.25) is 0 Å². The molecule has 0 aromatic heterocycles. The second-order valence-electron chi connectivity index (χ2n) is 4.16. The Kier molecular flexibility index (Phi) is 3.00. The summed E-state index contributed by atoms with van der Waals surface area (Å²) >= 11 is 0. The molecule has 0 saturated heterocycles. The molecule has 0 spiro atoms. The molecule has 1 aliphatic rings. The summed E-state index contributed by atoms with van der Waals surface area (Å²) in [7, 11) is 0. The van der Waals surface area contributed by atoms with Crippen LogP contribution in [0.4, 0.5) is 8.78 Å². The van der Waals surface area contributed by atoms with E-state index in [1.807, 2.05) is 0 Å². The normalized spacial score (nSPS) is 19.4. The zero-order valence-corrected chi connectivity index (χ0v) is 8.42. The summed E-state index contributed by atoms with van der Waals surface area (Å²) in [6.07, 6.45) is 3.53. The summed E-state index contributed by atoms with van der Waals surface area (Å²) in [6, 6.07) is 3.63. The highest BCUT2D eigenvalue weighted by Gasteiger charge is 2.24. The summed E-state index contributed by atoms with van der Waals surface area (Å²) in [5.74, 6) is -1.54. The Morgan fingerprint density at radius 2 is 1.80 bits per heavy atom. The Balaban J connectivity index is 2.17. The first-order valence-corrected chi connectivity index (χ1v) is 5.31. The Bertz CT molecular complexity index is 345. The van der Waals surface area contributed by atoms with E-state index in [1.54, 1.807) is 0 Å². The van der Waals surface area contributed by atoms with Crippen molar-refractivity contribution in [2.45, 2.75) is 31.8 Å². The van der Waals surface area contributed by atoms with Gasteiger partial charge in [-0.2, -0.15) is 0 Å². The summed E-state index contributed by atoms with van der Waals surface area (Å²) in [5.41, 5.74) is 0.487. The third kappa shape index (κ3) is 2.17.